The van der Waals surface area contributed by atoms with Gasteiger partial charge in [0.05, 0.1) is 0 Å². The van der Waals surface area contributed by atoms with Crippen LogP contribution in [0.1, 0.15) is 111 Å². The van der Waals surface area contributed by atoms with Gasteiger partial charge in [0.15, 0.2) is 0 Å². The lowest BCUT2D eigenvalue weighted by Crippen LogP contribution is -2.68. The highest BCUT2D eigenvalue weighted by Crippen LogP contribution is 2.64. The van der Waals surface area contributed by atoms with Crippen LogP contribution in [0.15, 0.2) is 42.0 Å². The van der Waals surface area contributed by atoms with Crippen LogP contribution in [0.25, 0.3) is 5.57 Å². The Morgan fingerprint density at radius 1 is 0.811 bits per heavy atom. The average Bonchev–Trinajstić information content (AvgIpc) is 3.25. The third kappa shape index (κ3) is 3.94. The minimum Gasteiger partial charge on any atom is -0.316 e. The quantitative estimate of drug-likeness (QED) is 0.362. The summed E-state index contributed by atoms with van der Waals surface area (Å²) in [5.41, 5.74) is 7.61. The molecule has 37 heavy (non-hydrogen) atoms. The molecule has 0 N–H and O–H groups in total. The summed E-state index contributed by atoms with van der Waals surface area (Å²) in [7, 11) is -1.73. The number of nitrogens with zero attached hydrogens (tertiary/aromatic N) is 1. The predicted octanol–water partition coefficient (Wildman–Crippen LogP) is 9.75. The van der Waals surface area contributed by atoms with Crippen LogP contribution in [0, 0.1) is 23.7 Å². The third-order valence-electron chi connectivity index (χ3n) is 11.9. The highest BCUT2D eigenvalue weighted by atomic mass is 28.3. The van der Waals surface area contributed by atoms with Gasteiger partial charge in [-0.3, -0.25) is 0 Å². The molecule has 5 aliphatic rings. The number of allylic oxidation sites excluding steroid dienone is 4. The summed E-state index contributed by atoms with van der Waals surface area (Å²) < 4.78 is 3.32. The molecule has 1 nitrogen and oxygen atoms in total. The zero-order valence-electron chi connectivity index (χ0n) is 24.9. The van der Waals surface area contributed by atoms with E-state index in [9.17, 15) is 0 Å². The highest BCUT2D eigenvalue weighted by Gasteiger charge is 2.61. The molecule has 6 rings (SSSR count). The second-order valence-corrected chi connectivity index (χ2v) is 19.6. The molecule has 1 aromatic rings. The maximum atomic E-state index is 3.32. The van der Waals surface area contributed by atoms with Gasteiger partial charge < -0.3 is 4.57 Å². The molecule has 1 heterocycles. The van der Waals surface area contributed by atoms with Crippen LogP contribution >= 0.6 is 0 Å². The molecule has 3 fully saturated rings. The fourth-order valence-electron chi connectivity index (χ4n) is 10.5. The molecule has 2 heteroatoms. The molecular weight excluding hydrogens is 462 g/mol. The minimum absolute atomic E-state index is 0.133. The van der Waals surface area contributed by atoms with E-state index in [4.69, 9.17) is 0 Å². The Labute approximate surface area is 229 Å². The maximum absolute atomic E-state index is 3.32. The summed E-state index contributed by atoms with van der Waals surface area (Å²) in [6, 6.07) is 13.3. The summed E-state index contributed by atoms with van der Waals surface area (Å²) in [5.74, 6) is 3.04. The summed E-state index contributed by atoms with van der Waals surface area (Å²) in [4.78, 5) is 0. The predicted molar refractivity (Wildman–Crippen MR) is 162 cm³/mol. The van der Waals surface area contributed by atoms with Crippen LogP contribution in [-0.4, -0.2) is 24.4 Å². The fourth-order valence-corrected chi connectivity index (χ4v) is 18.6. The summed E-state index contributed by atoms with van der Waals surface area (Å²) in [6.07, 6.45) is 17.4. The van der Waals surface area contributed by atoms with Gasteiger partial charge in [-0.2, -0.15) is 0 Å². The summed E-state index contributed by atoms with van der Waals surface area (Å²) in [6.45, 7) is 18.0. The van der Waals surface area contributed by atoms with Gasteiger partial charge in [-0.1, -0.05) is 103 Å². The van der Waals surface area contributed by atoms with Crippen molar-refractivity contribution in [3.8, 4) is 0 Å². The van der Waals surface area contributed by atoms with E-state index < -0.39 is 8.24 Å². The van der Waals surface area contributed by atoms with Gasteiger partial charge in [0.25, 0.3) is 0 Å². The molecule has 5 atom stereocenters. The van der Waals surface area contributed by atoms with Crippen molar-refractivity contribution in [2.45, 2.75) is 134 Å². The number of hydrogen-bond acceptors (Lipinski definition) is 1. The van der Waals surface area contributed by atoms with Crippen LogP contribution in [-0.2, 0) is 5.41 Å². The van der Waals surface area contributed by atoms with Crippen molar-refractivity contribution < 1.29 is 0 Å². The standard InChI is InChI=1S/C35H53NSi/c1-24-25(2)33(30-22-29-27-18-12-13-19-31(27)35(6,7)32(29)23-28(24)30)37(20-14-9-15-21-37)36(34(3,4)5)26-16-10-8-11-17-26/h12-13,18-19,22-26,28,30,33H,8-11,14-17,20-21H2,1-7H3. The van der Waals surface area contributed by atoms with Crippen molar-refractivity contribution in [3.05, 3.63) is 53.1 Å². The second-order valence-electron chi connectivity index (χ2n) is 15.2. The Balaban J connectivity index is 1.49. The monoisotopic (exact) mass is 515 g/mol. The van der Waals surface area contributed by atoms with Gasteiger partial charge in [0.2, 0.25) is 0 Å². The van der Waals surface area contributed by atoms with E-state index in [1.54, 1.807) is 28.8 Å². The first-order valence-electron chi connectivity index (χ1n) is 15.9. The fraction of sp³-hybridized carbons (Fsp3) is 0.714. The molecule has 1 saturated heterocycles. The minimum atomic E-state index is -1.73. The lowest BCUT2D eigenvalue weighted by atomic mass is 9.75. The van der Waals surface area contributed by atoms with Crippen molar-refractivity contribution in [1.29, 1.82) is 0 Å². The Morgan fingerprint density at radius 3 is 2.14 bits per heavy atom. The first-order valence-corrected chi connectivity index (χ1v) is 18.3. The number of rotatable bonds is 3. The molecule has 0 aromatic heterocycles. The third-order valence-corrected chi connectivity index (χ3v) is 18.5. The van der Waals surface area contributed by atoms with Crippen molar-refractivity contribution in [2.75, 3.05) is 0 Å². The Morgan fingerprint density at radius 2 is 1.46 bits per heavy atom. The summed E-state index contributed by atoms with van der Waals surface area (Å²) in [5, 5.41) is 0. The molecule has 1 aromatic carbocycles. The Bertz CT molecular complexity index is 1070. The molecular formula is C35H53NSi. The lowest BCUT2D eigenvalue weighted by molar-refractivity contribution is 0.133. The van der Waals surface area contributed by atoms with E-state index in [0.29, 0.717) is 5.92 Å². The first kappa shape index (κ1) is 26.1. The van der Waals surface area contributed by atoms with E-state index in [-0.39, 0.29) is 11.0 Å². The SMILES string of the molecule is CC1C(C)C([Si]2(N(C3CCCCC3)C(C)(C)C)CCCCC2)C2C=C3C(=CC12)C(C)(C)c1ccccc13. The zero-order chi connectivity index (χ0) is 26.2. The number of fused-ring (bicyclic) bond motifs is 4. The smallest absolute Gasteiger partial charge is 0.133 e. The average molecular weight is 516 g/mol. The van der Waals surface area contributed by atoms with Gasteiger partial charge in [0.1, 0.15) is 8.24 Å². The molecule has 2 saturated carbocycles. The zero-order valence-corrected chi connectivity index (χ0v) is 25.9. The van der Waals surface area contributed by atoms with Crippen LogP contribution in [0.3, 0.4) is 0 Å². The van der Waals surface area contributed by atoms with E-state index >= 15 is 0 Å². The summed E-state index contributed by atoms with van der Waals surface area (Å²) >= 11 is 0. The Hall–Kier alpha value is -1.12. The molecule has 0 spiro atoms. The molecule has 0 radical (unpaired) electrons. The second kappa shape index (κ2) is 9.22. The van der Waals surface area contributed by atoms with Crippen molar-refractivity contribution in [3.63, 3.8) is 0 Å². The lowest BCUT2D eigenvalue weighted by Gasteiger charge is -2.60. The van der Waals surface area contributed by atoms with Gasteiger partial charge in [0, 0.05) is 17.0 Å². The van der Waals surface area contributed by atoms with Crippen molar-refractivity contribution in [2.24, 2.45) is 23.7 Å². The molecule has 0 bridgehead atoms. The Kier molecular flexibility index (Phi) is 6.51. The van der Waals surface area contributed by atoms with Gasteiger partial charge >= 0.3 is 0 Å². The van der Waals surface area contributed by atoms with Crippen LogP contribution in [0.4, 0.5) is 0 Å². The number of hydrogen-bond donors (Lipinski definition) is 0. The van der Waals surface area contributed by atoms with Crippen molar-refractivity contribution >= 4 is 13.8 Å². The van der Waals surface area contributed by atoms with E-state index in [1.807, 2.05) is 0 Å². The number of benzene rings is 1. The topological polar surface area (TPSA) is 3.24 Å². The molecule has 202 valence electrons. The molecule has 5 unspecified atom stereocenters. The molecule has 0 amide bonds. The van der Waals surface area contributed by atoms with Crippen LogP contribution < -0.4 is 0 Å². The maximum Gasteiger partial charge on any atom is 0.133 e. The van der Waals surface area contributed by atoms with Crippen LogP contribution in [0.5, 0.6) is 0 Å². The normalized spacial score (nSPS) is 35.0. The van der Waals surface area contributed by atoms with Gasteiger partial charge in [-0.25, -0.2) is 0 Å². The van der Waals surface area contributed by atoms with Crippen LogP contribution in [0.2, 0.25) is 17.6 Å². The van der Waals surface area contributed by atoms with Gasteiger partial charge in [-0.15, -0.1) is 0 Å². The van der Waals surface area contributed by atoms with E-state index in [1.165, 1.54) is 56.9 Å². The molecule has 4 aliphatic carbocycles. The first-order chi connectivity index (χ1) is 17.6. The van der Waals surface area contributed by atoms with E-state index in [0.717, 1.165) is 29.3 Å². The largest absolute Gasteiger partial charge is 0.316 e. The van der Waals surface area contributed by atoms with Crippen molar-refractivity contribution in [1.82, 2.24) is 4.57 Å². The molecule has 1 aliphatic heterocycles. The van der Waals surface area contributed by atoms with E-state index in [2.05, 4.69) is 89.4 Å². The van der Waals surface area contributed by atoms with Gasteiger partial charge in [-0.05, 0) is 97.2 Å². The highest BCUT2D eigenvalue weighted by molar-refractivity contribution is 6.79.